The van der Waals surface area contributed by atoms with E-state index < -0.39 is 5.97 Å². The highest BCUT2D eigenvalue weighted by molar-refractivity contribution is 6.30. The van der Waals surface area contributed by atoms with Crippen LogP contribution in [0.15, 0.2) is 71.7 Å². The molecule has 0 saturated carbocycles. The Balaban J connectivity index is 1.12. The van der Waals surface area contributed by atoms with E-state index in [4.69, 9.17) is 30.6 Å². The van der Waals surface area contributed by atoms with E-state index in [0.29, 0.717) is 42.1 Å². The number of aromatic nitrogens is 3. The quantitative estimate of drug-likeness (QED) is 0.279. The lowest BCUT2D eigenvalue weighted by atomic mass is 9.88. The molecule has 1 unspecified atom stereocenters. The number of likely N-dealkylation sites (tertiary alicyclic amines) is 1. The van der Waals surface area contributed by atoms with Gasteiger partial charge in [-0.1, -0.05) is 35.9 Å². The van der Waals surface area contributed by atoms with Crippen LogP contribution in [-0.4, -0.2) is 50.2 Å². The maximum atomic E-state index is 11.1. The highest BCUT2D eigenvalue weighted by Gasteiger charge is 2.30. The SMILES string of the molecule is O=C(O)/C=C/c1cnc(CN2CCC(c3cccc4c3OCC(c3ccc(Cl)cc3)O4)CC2)n1Cc1cnco1. The van der Waals surface area contributed by atoms with E-state index in [9.17, 15) is 4.79 Å². The fraction of sp³-hybridized carbons (Fsp3) is 0.300. The fourth-order valence-corrected chi connectivity index (χ4v) is 5.52. The lowest BCUT2D eigenvalue weighted by molar-refractivity contribution is -0.131. The van der Waals surface area contributed by atoms with Gasteiger partial charge in [0.25, 0.3) is 0 Å². The number of carbonyl (C=O) groups is 1. The van der Waals surface area contributed by atoms with E-state index in [1.54, 1.807) is 18.5 Å². The third kappa shape index (κ3) is 5.76. The highest BCUT2D eigenvalue weighted by atomic mass is 35.5. The molecule has 2 aromatic carbocycles. The largest absolute Gasteiger partial charge is 0.485 e. The van der Waals surface area contributed by atoms with Crippen LogP contribution in [0.1, 0.15) is 53.3 Å². The molecule has 0 bridgehead atoms. The van der Waals surface area contributed by atoms with Crippen LogP contribution in [0.5, 0.6) is 11.5 Å². The van der Waals surface area contributed by atoms with Crippen molar-refractivity contribution in [2.45, 2.75) is 38.0 Å². The first-order valence-electron chi connectivity index (χ1n) is 13.3. The minimum atomic E-state index is -1.01. The van der Waals surface area contributed by atoms with Gasteiger partial charge >= 0.3 is 5.97 Å². The Morgan fingerprint density at radius 2 is 1.93 bits per heavy atom. The van der Waals surface area contributed by atoms with Crippen LogP contribution in [0.25, 0.3) is 6.08 Å². The molecule has 0 amide bonds. The molecule has 6 rings (SSSR count). The summed E-state index contributed by atoms with van der Waals surface area (Å²) in [5.74, 6) is 2.52. The van der Waals surface area contributed by atoms with Crippen LogP contribution >= 0.6 is 11.6 Å². The van der Waals surface area contributed by atoms with Gasteiger partial charge in [-0.15, -0.1) is 0 Å². The molecule has 2 aliphatic heterocycles. The third-order valence-electron chi connectivity index (χ3n) is 7.46. The Morgan fingerprint density at radius 3 is 2.67 bits per heavy atom. The highest BCUT2D eigenvalue weighted by Crippen LogP contribution is 2.44. The van der Waals surface area contributed by atoms with Gasteiger partial charge in [0.2, 0.25) is 0 Å². The second kappa shape index (κ2) is 11.6. The van der Waals surface area contributed by atoms with Crippen LogP contribution in [0.4, 0.5) is 0 Å². The number of carboxylic acid groups (broad SMARTS) is 1. The van der Waals surface area contributed by atoms with Crippen molar-refractivity contribution >= 4 is 23.6 Å². The molecule has 9 nitrogen and oxygen atoms in total. The number of nitrogens with zero attached hydrogens (tertiary/aromatic N) is 4. The summed E-state index contributed by atoms with van der Waals surface area (Å²) >= 11 is 6.05. The van der Waals surface area contributed by atoms with Crippen LogP contribution < -0.4 is 9.47 Å². The van der Waals surface area contributed by atoms with Crippen molar-refractivity contribution in [3.05, 3.63) is 101 Å². The molecular formula is C30H29ClN4O5. The number of imidazole rings is 1. The lowest BCUT2D eigenvalue weighted by Gasteiger charge is -2.34. The van der Waals surface area contributed by atoms with Crippen LogP contribution in [-0.2, 0) is 17.9 Å². The summed E-state index contributed by atoms with van der Waals surface area (Å²) in [4.78, 5) is 22.1. The molecule has 0 spiro atoms. The zero-order valence-corrected chi connectivity index (χ0v) is 22.5. The fourth-order valence-electron chi connectivity index (χ4n) is 5.40. The first-order chi connectivity index (χ1) is 19.5. The van der Waals surface area contributed by atoms with Crippen LogP contribution in [0.3, 0.4) is 0 Å². The van der Waals surface area contributed by atoms with Crippen molar-refractivity contribution in [2.75, 3.05) is 19.7 Å². The maximum absolute atomic E-state index is 11.1. The number of rotatable bonds is 8. The first-order valence-corrected chi connectivity index (χ1v) is 13.6. The Kier molecular flexibility index (Phi) is 7.57. The second-order valence-corrected chi connectivity index (χ2v) is 10.5. The second-order valence-electron chi connectivity index (χ2n) is 10.0. The number of aliphatic carboxylic acids is 1. The summed E-state index contributed by atoms with van der Waals surface area (Å²) in [6.45, 7) is 3.33. The number of hydrogen-bond acceptors (Lipinski definition) is 7. The third-order valence-corrected chi connectivity index (χ3v) is 7.71. The summed E-state index contributed by atoms with van der Waals surface area (Å²) < 4.78 is 20.0. The molecular weight excluding hydrogens is 532 g/mol. The van der Waals surface area contributed by atoms with Gasteiger partial charge in [-0.2, -0.15) is 0 Å². The topological polar surface area (TPSA) is 103 Å². The van der Waals surface area contributed by atoms with E-state index in [1.165, 1.54) is 12.0 Å². The average Bonchev–Trinajstić information content (AvgIpc) is 3.62. The number of benzene rings is 2. The summed E-state index contributed by atoms with van der Waals surface area (Å²) in [6.07, 6.45) is 9.21. The van der Waals surface area contributed by atoms with Gasteiger partial charge in [-0.3, -0.25) is 4.90 Å². The first kappa shape index (κ1) is 26.2. The van der Waals surface area contributed by atoms with Crippen molar-refractivity contribution in [1.82, 2.24) is 19.4 Å². The summed E-state index contributed by atoms with van der Waals surface area (Å²) in [6, 6.07) is 13.9. The molecule has 40 heavy (non-hydrogen) atoms. The Hall–Kier alpha value is -4.08. The minimum absolute atomic E-state index is 0.169. The molecule has 1 fully saturated rings. The predicted molar refractivity (Wildman–Crippen MR) is 149 cm³/mol. The summed E-state index contributed by atoms with van der Waals surface area (Å²) in [5, 5.41) is 9.78. The molecule has 1 atom stereocenters. The molecule has 206 valence electrons. The number of carboxylic acids is 1. The van der Waals surface area contributed by atoms with E-state index in [0.717, 1.165) is 54.9 Å². The predicted octanol–water partition coefficient (Wildman–Crippen LogP) is 5.56. The van der Waals surface area contributed by atoms with Crippen LogP contribution in [0.2, 0.25) is 5.02 Å². The standard InChI is InChI=1S/C30H29ClN4O5/c31-22-6-4-21(5-7-22)27-18-38-30-25(2-1-3-26(30)40-27)20-10-12-34(13-11-20)17-28-33-14-23(8-9-29(36)37)35(28)16-24-15-32-19-39-24/h1-9,14-15,19-20,27H,10-13,16-18H2,(H,36,37)/b9-8+. The molecule has 0 radical (unpaired) electrons. The lowest BCUT2D eigenvalue weighted by Crippen LogP contribution is -2.34. The number of para-hydroxylation sites is 1. The van der Waals surface area contributed by atoms with Crippen molar-refractivity contribution in [2.24, 2.45) is 0 Å². The molecule has 1 N–H and O–H groups in total. The molecule has 1 saturated heterocycles. The molecule has 0 aliphatic carbocycles. The van der Waals surface area contributed by atoms with Gasteiger partial charge in [-0.25, -0.2) is 14.8 Å². The molecule has 4 aromatic rings. The number of ether oxygens (including phenoxy) is 2. The molecule has 2 aromatic heterocycles. The monoisotopic (exact) mass is 560 g/mol. The van der Waals surface area contributed by atoms with Gasteiger partial charge in [0.05, 0.1) is 31.2 Å². The minimum Gasteiger partial charge on any atom is -0.485 e. The van der Waals surface area contributed by atoms with Crippen molar-refractivity contribution in [3.63, 3.8) is 0 Å². The number of fused-ring (bicyclic) bond motifs is 1. The van der Waals surface area contributed by atoms with Gasteiger partial charge in [0, 0.05) is 16.7 Å². The van der Waals surface area contributed by atoms with Crippen LogP contribution in [0, 0.1) is 0 Å². The normalized spacial score (nSPS) is 17.9. The van der Waals surface area contributed by atoms with Gasteiger partial charge in [-0.05, 0) is 61.7 Å². The average molecular weight is 561 g/mol. The smallest absolute Gasteiger partial charge is 0.328 e. The molecule has 10 heteroatoms. The zero-order valence-electron chi connectivity index (χ0n) is 21.8. The van der Waals surface area contributed by atoms with E-state index in [2.05, 4.69) is 20.9 Å². The number of hydrogen-bond donors (Lipinski definition) is 1. The maximum Gasteiger partial charge on any atom is 0.328 e. The Bertz CT molecular complexity index is 1490. The number of oxazole rings is 1. The molecule has 4 heterocycles. The van der Waals surface area contributed by atoms with E-state index in [-0.39, 0.29) is 6.10 Å². The van der Waals surface area contributed by atoms with E-state index in [1.807, 2.05) is 41.0 Å². The van der Waals surface area contributed by atoms with Gasteiger partial charge in [0.1, 0.15) is 18.2 Å². The molecule has 2 aliphatic rings. The summed E-state index contributed by atoms with van der Waals surface area (Å²) in [7, 11) is 0. The summed E-state index contributed by atoms with van der Waals surface area (Å²) in [5.41, 5.74) is 2.94. The Labute approximate surface area is 236 Å². The van der Waals surface area contributed by atoms with Crippen molar-refractivity contribution in [1.29, 1.82) is 0 Å². The van der Waals surface area contributed by atoms with E-state index >= 15 is 0 Å². The van der Waals surface area contributed by atoms with Crippen molar-refractivity contribution < 1.29 is 23.8 Å². The van der Waals surface area contributed by atoms with Gasteiger partial charge in [0.15, 0.2) is 24.0 Å². The number of piperidine rings is 1. The Morgan fingerprint density at radius 1 is 1.10 bits per heavy atom. The zero-order chi connectivity index (χ0) is 27.5. The van der Waals surface area contributed by atoms with Crippen molar-refractivity contribution in [3.8, 4) is 11.5 Å². The van der Waals surface area contributed by atoms with Gasteiger partial charge < -0.3 is 23.6 Å². The number of halogens is 1.